The van der Waals surface area contributed by atoms with Crippen molar-refractivity contribution in [2.24, 2.45) is 13.0 Å². The monoisotopic (exact) mass is 330 g/mol. The number of fused-ring (bicyclic) bond motifs is 1. The predicted octanol–water partition coefficient (Wildman–Crippen LogP) is 0.495. The standard InChI is InChI=1S/C16H22N6O2/c1-20-13-12(10-17-20)14(23)19-16(18-13)22-8-4-11(5-9-22)15(24)21-6-2-3-7-21/h10-11H,2-9H2,1H3,(H,18,19,23). The molecule has 24 heavy (non-hydrogen) atoms. The van der Waals surface area contributed by atoms with Crippen LogP contribution in [0, 0.1) is 5.92 Å². The highest BCUT2D eigenvalue weighted by Gasteiger charge is 2.30. The van der Waals surface area contributed by atoms with E-state index in [1.165, 1.54) is 6.20 Å². The zero-order valence-electron chi connectivity index (χ0n) is 13.9. The minimum atomic E-state index is -0.168. The second kappa shape index (κ2) is 5.92. The number of likely N-dealkylation sites (tertiary alicyclic amines) is 1. The first-order valence-electron chi connectivity index (χ1n) is 8.59. The summed E-state index contributed by atoms with van der Waals surface area (Å²) >= 11 is 0. The molecule has 128 valence electrons. The van der Waals surface area contributed by atoms with Crippen molar-refractivity contribution in [2.45, 2.75) is 25.7 Å². The van der Waals surface area contributed by atoms with Crippen LogP contribution in [0.2, 0.25) is 0 Å². The number of nitrogens with one attached hydrogen (secondary N) is 1. The van der Waals surface area contributed by atoms with Crippen LogP contribution in [-0.2, 0) is 11.8 Å². The number of aryl methyl sites for hydroxylation is 1. The minimum Gasteiger partial charge on any atom is -0.342 e. The Morgan fingerprint density at radius 3 is 2.62 bits per heavy atom. The van der Waals surface area contributed by atoms with Crippen LogP contribution < -0.4 is 10.5 Å². The Morgan fingerprint density at radius 2 is 1.92 bits per heavy atom. The van der Waals surface area contributed by atoms with Crippen LogP contribution in [0.5, 0.6) is 0 Å². The van der Waals surface area contributed by atoms with Gasteiger partial charge in [-0.25, -0.2) is 0 Å². The first kappa shape index (κ1) is 15.2. The van der Waals surface area contributed by atoms with Gasteiger partial charge in [-0.15, -0.1) is 0 Å². The van der Waals surface area contributed by atoms with Crippen LogP contribution >= 0.6 is 0 Å². The summed E-state index contributed by atoms with van der Waals surface area (Å²) in [6, 6.07) is 0. The summed E-state index contributed by atoms with van der Waals surface area (Å²) in [7, 11) is 1.78. The second-order valence-corrected chi connectivity index (χ2v) is 6.69. The van der Waals surface area contributed by atoms with E-state index in [2.05, 4.69) is 20.0 Å². The summed E-state index contributed by atoms with van der Waals surface area (Å²) in [6.45, 7) is 3.28. The number of anilines is 1. The molecule has 0 aromatic carbocycles. The Balaban J connectivity index is 1.48. The molecular formula is C16H22N6O2. The van der Waals surface area contributed by atoms with Crippen molar-refractivity contribution >= 4 is 22.9 Å². The Kier molecular flexibility index (Phi) is 3.74. The van der Waals surface area contributed by atoms with Crippen LogP contribution in [0.3, 0.4) is 0 Å². The summed E-state index contributed by atoms with van der Waals surface area (Å²) in [6.07, 6.45) is 5.40. The third-order valence-corrected chi connectivity index (χ3v) is 5.15. The number of hydrogen-bond acceptors (Lipinski definition) is 5. The Hall–Kier alpha value is -2.38. The van der Waals surface area contributed by atoms with E-state index in [0.29, 0.717) is 22.9 Å². The number of rotatable bonds is 2. The molecule has 0 radical (unpaired) electrons. The van der Waals surface area contributed by atoms with Crippen molar-refractivity contribution in [2.75, 3.05) is 31.1 Å². The summed E-state index contributed by atoms with van der Waals surface area (Å²) < 4.78 is 1.61. The number of carbonyl (C=O) groups is 1. The van der Waals surface area contributed by atoms with Gasteiger partial charge < -0.3 is 9.80 Å². The van der Waals surface area contributed by atoms with E-state index in [4.69, 9.17) is 0 Å². The number of aromatic nitrogens is 4. The van der Waals surface area contributed by atoms with Crippen LogP contribution in [-0.4, -0.2) is 56.7 Å². The van der Waals surface area contributed by atoms with Crippen molar-refractivity contribution < 1.29 is 4.79 Å². The Morgan fingerprint density at radius 1 is 1.21 bits per heavy atom. The molecule has 0 spiro atoms. The van der Waals surface area contributed by atoms with Crippen LogP contribution in [0.15, 0.2) is 11.0 Å². The molecule has 2 aliphatic rings. The Bertz CT molecular complexity index is 812. The average Bonchev–Trinajstić information content (AvgIpc) is 3.25. The molecule has 8 nitrogen and oxygen atoms in total. The molecule has 2 fully saturated rings. The average molecular weight is 330 g/mol. The van der Waals surface area contributed by atoms with Gasteiger partial charge in [-0.05, 0) is 25.7 Å². The van der Waals surface area contributed by atoms with Crippen LogP contribution in [0.25, 0.3) is 11.0 Å². The van der Waals surface area contributed by atoms with Crippen LogP contribution in [0.1, 0.15) is 25.7 Å². The van der Waals surface area contributed by atoms with E-state index in [-0.39, 0.29) is 11.5 Å². The lowest BCUT2D eigenvalue weighted by molar-refractivity contribution is -0.135. The minimum absolute atomic E-state index is 0.103. The van der Waals surface area contributed by atoms with Gasteiger partial charge in [-0.3, -0.25) is 19.3 Å². The van der Waals surface area contributed by atoms with E-state index in [9.17, 15) is 9.59 Å². The summed E-state index contributed by atoms with van der Waals surface area (Å²) in [5, 5.41) is 4.59. The maximum atomic E-state index is 12.5. The highest BCUT2D eigenvalue weighted by atomic mass is 16.2. The first-order chi connectivity index (χ1) is 11.6. The zero-order valence-corrected chi connectivity index (χ0v) is 13.9. The molecule has 4 rings (SSSR count). The number of piperidine rings is 1. The van der Waals surface area contributed by atoms with Gasteiger partial charge in [0.25, 0.3) is 5.56 Å². The van der Waals surface area contributed by atoms with Gasteiger partial charge in [0.2, 0.25) is 11.9 Å². The maximum absolute atomic E-state index is 12.5. The lowest BCUT2D eigenvalue weighted by atomic mass is 9.95. The topological polar surface area (TPSA) is 87.1 Å². The molecule has 4 heterocycles. The second-order valence-electron chi connectivity index (χ2n) is 6.69. The molecule has 0 atom stereocenters. The summed E-state index contributed by atoms with van der Waals surface area (Å²) in [5.41, 5.74) is 0.419. The van der Waals surface area contributed by atoms with Gasteiger partial charge in [-0.2, -0.15) is 10.1 Å². The van der Waals surface area contributed by atoms with E-state index in [0.717, 1.165) is 51.9 Å². The quantitative estimate of drug-likeness (QED) is 0.866. The normalized spacial score (nSPS) is 19.4. The van der Waals surface area contributed by atoms with Gasteiger partial charge in [0.05, 0.1) is 6.20 Å². The first-order valence-corrected chi connectivity index (χ1v) is 8.59. The fraction of sp³-hybridized carbons (Fsp3) is 0.625. The third-order valence-electron chi connectivity index (χ3n) is 5.15. The van der Waals surface area contributed by atoms with E-state index < -0.39 is 0 Å². The number of H-pyrrole nitrogens is 1. The SMILES string of the molecule is Cn1ncc2c(=O)[nH]c(N3CCC(C(=O)N4CCCC4)CC3)nc21. The van der Waals surface area contributed by atoms with Crippen molar-refractivity contribution in [1.29, 1.82) is 0 Å². The molecule has 1 amide bonds. The lowest BCUT2D eigenvalue weighted by Gasteiger charge is -2.33. The summed E-state index contributed by atoms with van der Waals surface area (Å²) in [5.74, 6) is 0.977. The number of nitrogens with zero attached hydrogens (tertiary/aromatic N) is 5. The van der Waals surface area contributed by atoms with Gasteiger partial charge in [0.15, 0.2) is 5.65 Å². The molecule has 2 saturated heterocycles. The Labute approximate surface area is 139 Å². The van der Waals surface area contributed by atoms with E-state index in [1.807, 2.05) is 4.90 Å². The number of amides is 1. The van der Waals surface area contributed by atoms with E-state index >= 15 is 0 Å². The highest BCUT2D eigenvalue weighted by Crippen LogP contribution is 2.24. The maximum Gasteiger partial charge on any atom is 0.263 e. The van der Waals surface area contributed by atoms with Gasteiger partial charge >= 0.3 is 0 Å². The number of carbonyl (C=O) groups excluding carboxylic acids is 1. The van der Waals surface area contributed by atoms with Crippen molar-refractivity contribution in [3.63, 3.8) is 0 Å². The van der Waals surface area contributed by atoms with E-state index in [1.54, 1.807) is 11.7 Å². The third kappa shape index (κ3) is 2.55. The molecule has 2 aromatic heterocycles. The smallest absolute Gasteiger partial charge is 0.263 e. The number of hydrogen-bond donors (Lipinski definition) is 1. The van der Waals surface area contributed by atoms with Crippen molar-refractivity contribution in [3.05, 3.63) is 16.6 Å². The molecule has 0 unspecified atom stereocenters. The lowest BCUT2D eigenvalue weighted by Crippen LogP contribution is -2.42. The molecule has 2 aromatic rings. The molecule has 1 N–H and O–H groups in total. The van der Waals surface area contributed by atoms with Gasteiger partial charge in [0.1, 0.15) is 5.39 Å². The largest absolute Gasteiger partial charge is 0.342 e. The fourth-order valence-corrected chi connectivity index (χ4v) is 3.70. The number of aromatic amines is 1. The van der Waals surface area contributed by atoms with Gasteiger partial charge in [-0.1, -0.05) is 0 Å². The highest BCUT2D eigenvalue weighted by molar-refractivity contribution is 5.79. The molecule has 0 aliphatic carbocycles. The van der Waals surface area contributed by atoms with Crippen molar-refractivity contribution in [3.8, 4) is 0 Å². The fourth-order valence-electron chi connectivity index (χ4n) is 3.70. The van der Waals surface area contributed by atoms with Crippen molar-refractivity contribution in [1.82, 2.24) is 24.6 Å². The zero-order chi connectivity index (χ0) is 16.7. The molecular weight excluding hydrogens is 308 g/mol. The molecule has 8 heteroatoms. The predicted molar refractivity (Wildman–Crippen MR) is 89.9 cm³/mol. The molecule has 2 aliphatic heterocycles. The molecule has 0 bridgehead atoms. The van der Waals surface area contributed by atoms with Crippen LogP contribution in [0.4, 0.5) is 5.95 Å². The molecule has 0 saturated carbocycles. The summed E-state index contributed by atoms with van der Waals surface area (Å²) in [4.78, 5) is 36.1. The van der Waals surface area contributed by atoms with Gasteiger partial charge in [0, 0.05) is 39.1 Å².